The van der Waals surface area contributed by atoms with Crippen LogP contribution in [0.4, 0.5) is 17.6 Å². The number of alkyl halides is 4. The molecule has 1 aliphatic carbocycles. The highest BCUT2D eigenvalue weighted by molar-refractivity contribution is 6.38. The van der Waals surface area contributed by atoms with E-state index in [9.17, 15) is 51.1 Å². The summed E-state index contributed by atoms with van der Waals surface area (Å²) in [6, 6.07) is 4.19. The van der Waals surface area contributed by atoms with Crippen molar-refractivity contribution >= 4 is 42.2 Å². The number of Topliss-reactive ketones (excluding diaryl/α,β-unsaturated/α-hetero) is 1. The minimum Gasteiger partial charge on any atom is -0.382 e. The molecule has 2 fully saturated rings. The van der Waals surface area contributed by atoms with Crippen LogP contribution in [0.15, 0.2) is 30.3 Å². The zero-order chi connectivity index (χ0) is 44.7. The molecule has 2 aliphatic rings. The zero-order valence-electron chi connectivity index (χ0n) is 35.3. The van der Waals surface area contributed by atoms with Crippen LogP contribution in [-0.4, -0.2) is 123 Å². The number of carbonyl (C=O) groups excluding carboxylic acids is 7. The van der Waals surface area contributed by atoms with Crippen molar-refractivity contribution in [3.05, 3.63) is 35.9 Å². The number of hydrogen-bond acceptors (Lipinski definition) is 8. The van der Waals surface area contributed by atoms with Crippen LogP contribution in [0, 0.1) is 17.8 Å². The lowest BCUT2D eigenvalue weighted by molar-refractivity contribution is -0.145. The van der Waals surface area contributed by atoms with Crippen molar-refractivity contribution in [1.82, 2.24) is 31.1 Å². The van der Waals surface area contributed by atoms with Gasteiger partial charge < -0.3 is 35.8 Å². The molecule has 6 amide bonds. The van der Waals surface area contributed by atoms with E-state index in [1.54, 1.807) is 65.4 Å². The van der Waals surface area contributed by atoms with Gasteiger partial charge in [-0.05, 0) is 63.4 Å². The van der Waals surface area contributed by atoms with Crippen LogP contribution >= 0.6 is 0 Å². The van der Waals surface area contributed by atoms with E-state index in [1.807, 2.05) is 13.8 Å². The molecule has 1 aliphatic heterocycles. The van der Waals surface area contributed by atoms with E-state index in [1.165, 1.54) is 4.90 Å². The Morgan fingerprint density at radius 3 is 2.00 bits per heavy atom. The SMILES string of the molecule is CC[C@H]1CN(C(=O)C(NC=O)C2CCCCC2)C(C(=O)NC(CCC(F)F)C(=O)C(=O)NCC(=O)NC(C)c2ccccc2)[C@H]1CC(F)F.CN(C)C=O.COC(C)C. The fourth-order valence-electron chi connectivity index (χ4n) is 6.98. The molecular formula is C41H64F4N6O8. The second-order valence-corrected chi connectivity index (χ2v) is 15.2. The summed E-state index contributed by atoms with van der Waals surface area (Å²) in [7, 11) is 5.07. The molecule has 334 valence electrons. The van der Waals surface area contributed by atoms with Gasteiger partial charge in [0.2, 0.25) is 49.2 Å². The monoisotopic (exact) mass is 844 g/mol. The van der Waals surface area contributed by atoms with Crippen molar-refractivity contribution in [3.8, 4) is 0 Å². The van der Waals surface area contributed by atoms with E-state index in [2.05, 4.69) is 21.3 Å². The van der Waals surface area contributed by atoms with E-state index in [-0.39, 0.29) is 12.5 Å². The summed E-state index contributed by atoms with van der Waals surface area (Å²) < 4.78 is 59.0. The Balaban J connectivity index is 0.00000155. The number of hydrogen-bond donors (Lipinski definition) is 4. The molecule has 1 heterocycles. The maximum Gasteiger partial charge on any atom is 0.290 e. The standard InChI is InChI=1S/C34H47F4N5O6.C4H10O.C3H7NO/c1-3-21-18-43(34(49)29(40-19-44)23-12-8-5-9-13-23)30(24(21)16-27(37)38)32(47)42-25(14-15-26(35)36)31(46)33(48)39-17-28(45)41-20(2)22-10-6-4-7-11-22;1-4(2)5-3;1-4(2)3-5/h4,6-7,10-11,19-21,23-27,29-30H,3,5,8-9,12-18H2,1-2H3,(H,39,48)(H,40,44)(H,41,45)(H,42,47);4H,1-3H3;3H,1-2H3/t20?,21-,24-,25?,29?,30?;;/m0../s1. The molecule has 0 radical (unpaired) electrons. The lowest BCUT2D eigenvalue weighted by Gasteiger charge is -2.35. The lowest BCUT2D eigenvalue weighted by Crippen LogP contribution is -2.58. The van der Waals surface area contributed by atoms with Crippen molar-refractivity contribution in [2.75, 3.05) is 34.3 Å². The van der Waals surface area contributed by atoms with E-state index in [0.29, 0.717) is 31.8 Å². The number of halogens is 4. The van der Waals surface area contributed by atoms with Gasteiger partial charge in [0.15, 0.2) is 0 Å². The van der Waals surface area contributed by atoms with Crippen molar-refractivity contribution < 1.29 is 55.9 Å². The maximum atomic E-state index is 14.0. The van der Waals surface area contributed by atoms with Gasteiger partial charge in [0.1, 0.15) is 12.1 Å². The minimum absolute atomic E-state index is 0.0682. The number of methoxy groups -OCH3 is 1. The van der Waals surface area contributed by atoms with Gasteiger partial charge in [-0.15, -0.1) is 0 Å². The number of nitrogens with one attached hydrogen (secondary N) is 4. The first-order valence-corrected chi connectivity index (χ1v) is 20.1. The van der Waals surface area contributed by atoms with Gasteiger partial charge in [0.05, 0.1) is 24.7 Å². The number of benzene rings is 1. The first-order chi connectivity index (χ1) is 27.9. The minimum atomic E-state index is -2.90. The van der Waals surface area contributed by atoms with Gasteiger partial charge in [-0.25, -0.2) is 17.6 Å². The summed E-state index contributed by atoms with van der Waals surface area (Å²) in [5.74, 6) is -6.75. The number of likely N-dealkylation sites (tertiary alicyclic amines) is 1. The molecule has 1 aromatic carbocycles. The van der Waals surface area contributed by atoms with Crippen molar-refractivity contribution in [1.29, 1.82) is 0 Å². The van der Waals surface area contributed by atoms with Gasteiger partial charge >= 0.3 is 0 Å². The van der Waals surface area contributed by atoms with Crippen LogP contribution in [0.5, 0.6) is 0 Å². The Morgan fingerprint density at radius 1 is 0.915 bits per heavy atom. The molecule has 4 unspecified atom stereocenters. The molecule has 3 rings (SSSR count). The Bertz CT molecular complexity index is 1450. The summed E-state index contributed by atoms with van der Waals surface area (Å²) in [6.45, 7) is 6.75. The highest BCUT2D eigenvalue weighted by Gasteiger charge is 2.50. The average Bonchev–Trinajstić information content (AvgIpc) is 3.58. The number of rotatable bonds is 20. The molecule has 4 N–H and O–H groups in total. The Hall–Kier alpha value is -4.61. The molecular weight excluding hydrogens is 780 g/mol. The summed E-state index contributed by atoms with van der Waals surface area (Å²) in [5, 5.41) is 9.67. The Labute approximate surface area is 345 Å². The fraction of sp³-hybridized carbons (Fsp3) is 0.683. The molecule has 6 atom stereocenters. The zero-order valence-corrected chi connectivity index (χ0v) is 35.3. The molecule has 59 heavy (non-hydrogen) atoms. The molecule has 0 aromatic heterocycles. The number of ether oxygens (including phenoxy) is 1. The number of nitrogens with zero attached hydrogens (tertiary/aromatic N) is 2. The van der Waals surface area contributed by atoms with Gasteiger partial charge in [0, 0.05) is 40.6 Å². The largest absolute Gasteiger partial charge is 0.382 e. The normalized spacial score (nSPS) is 19.2. The summed E-state index contributed by atoms with van der Waals surface area (Å²) in [4.78, 5) is 89.9. The Kier molecular flexibility index (Phi) is 24.8. The smallest absolute Gasteiger partial charge is 0.290 e. The average molecular weight is 845 g/mol. The third-order valence-electron chi connectivity index (χ3n) is 10.2. The quantitative estimate of drug-likeness (QED) is 0.0863. The topological polar surface area (TPSA) is 183 Å². The number of ketones is 1. The third-order valence-corrected chi connectivity index (χ3v) is 10.2. The molecule has 0 spiro atoms. The predicted octanol–water partition coefficient (Wildman–Crippen LogP) is 4.03. The lowest BCUT2D eigenvalue weighted by atomic mass is 9.83. The van der Waals surface area contributed by atoms with Gasteiger partial charge in [-0.1, -0.05) is 62.9 Å². The van der Waals surface area contributed by atoms with Crippen LogP contribution in [0.1, 0.15) is 97.1 Å². The van der Waals surface area contributed by atoms with Crippen LogP contribution in [-0.2, 0) is 38.3 Å². The van der Waals surface area contributed by atoms with Gasteiger partial charge in [0.25, 0.3) is 5.91 Å². The number of amides is 6. The summed E-state index contributed by atoms with van der Waals surface area (Å²) in [5.41, 5.74) is 0.787. The van der Waals surface area contributed by atoms with E-state index >= 15 is 0 Å². The summed E-state index contributed by atoms with van der Waals surface area (Å²) in [6.07, 6.45) is -2.28. The molecule has 1 saturated heterocycles. The second kappa shape index (κ2) is 28.0. The highest BCUT2D eigenvalue weighted by Crippen LogP contribution is 2.38. The molecule has 1 saturated carbocycles. The first-order valence-electron chi connectivity index (χ1n) is 20.1. The van der Waals surface area contributed by atoms with Crippen molar-refractivity contribution in [3.63, 3.8) is 0 Å². The first kappa shape index (κ1) is 52.4. The maximum absolute atomic E-state index is 14.0. The van der Waals surface area contributed by atoms with Gasteiger partial charge in [-0.3, -0.25) is 33.6 Å². The highest BCUT2D eigenvalue weighted by atomic mass is 19.3. The van der Waals surface area contributed by atoms with Crippen LogP contribution in [0.2, 0.25) is 0 Å². The summed E-state index contributed by atoms with van der Waals surface area (Å²) >= 11 is 0. The molecule has 18 heteroatoms. The fourth-order valence-corrected chi connectivity index (χ4v) is 6.98. The third kappa shape index (κ3) is 18.9. The van der Waals surface area contributed by atoms with Gasteiger partial charge in [-0.2, -0.15) is 0 Å². The molecule has 1 aromatic rings. The second-order valence-electron chi connectivity index (χ2n) is 15.2. The molecule has 14 nitrogen and oxygen atoms in total. The van der Waals surface area contributed by atoms with Crippen molar-refractivity contribution in [2.24, 2.45) is 17.8 Å². The van der Waals surface area contributed by atoms with E-state index in [0.717, 1.165) is 36.1 Å². The van der Waals surface area contributed by atoms with Crippen molar-refractivity contribution in [2.45, 2.75) is 129 Å². The number of carbonyl (C=O) groups is 7. The van der Waals surface area contributed by atoms with Crippen LogP contribution < -0.4 is 21.3 Å². The van der Waals surface area contributed by atoms with Crippen LogP contribution in [0.25, 0.3) is 0 Å². The molecule has 0 bridgehead atoms. The Morgan fingerprint density at radius 2 is 1.51 bits per heavy atom. The predicted molar refractivity (Wildman–Crippen MR) is 213 cm³/mol. The van der Waals surface area contributed by atoms with E-state index in [4.69, 9.17) is 4.74 Å². The van der Waals surface area contributed by atoms with E-state index < -0.39 is 104 Å². The van der Waals surface area contributed by atoms with Crippen LogP contribution in [0.3, 0.4) is 0 Å².